The van der Waals surface area contributed by atoms with Gasteiger partial charge in [-0.05, 0) is 31.5 Å². The first-order valence-corrected chi connectivity index (χ1v) is 8.04. The van der Waals surface area contributed by atoms with Gasteiger partial charge >= 0.3 is 0 Å². The summed E-state index contributed by atoms with van der Waals surface area (Å²) < 4.78 is 31.9. The van der Waals surface area contributed by atoms with Crippen LogP contribution in [0.5, 0.6) is 5.75 Å². The Hall–Kier alpha value is -1.31. The van der Waals surface area contributed by atoms with Crippen LogP contribution >= 0.6 is 0 Å². The van der Waals surface area contributed by atoms with Gasteiger partial charge < -0.3 is 15.6 Å². The third kappa shape index (κ3) is 3.84. The minimum absolute atomic E-state index is 0.0428. The van der Waals surface area contributed by atoms with Crippen LogP contribution in [-0.4, -0.2) is 44.1 Å². The number of sulfonamides is 1. The first kappa shape index (κ1) is 16.7. The van der Waals surface area contributed by atoms with Crippen LogP contribution in [0, 0.1) is 0 Å². The first-order chi connectivity index (χ1) is 9.47. The molecular weight excluding hydrogens is 280 g/mol. The van der Waals surface area contributed by atoms with E-state index in [0.29, 0.717) is 25.3 Å². The van der Waals surface area contributed by atoms with Crippen LogP contribution in [0.1, 0.15) is 20.3 Å². The van der Waals surface area contributed by atoms with Crippen molar-refractivity contribution in [1.82, 2.24) is 4.31 Å². The lowest BCUT2D eigenvalue weighted by molar-refractivity contribution is 0.253. The van der Waals surface area contributed by atoms with Gasteiger partial charge in [-0.1, -0.05) is 6.92 Å². The standard InChI is InChI=1S/C13H22N2O4S/c1-3-7-15(8-9-16)20(17,18)13-10-11(14)5-6-12(13)19-4-2/h5-6,10,16H,3-4,7-9,14H2,1-2H3. The molecule has 1 rings (SSSR count). The van der Waals surface area contributed by atoms with Gasteiger partial charge in [-0.2, -0.15) is 4.31 Å². The zero-order valence-electron chi connectivity index (χ0n) is 11.9. The van der Waals surface area contributed by atoms with Crippen LogP contribution in [0.4, 0.5) is 5.69 Å². The molecule has 7 heteroatoms. The molecule has 0 aliphatic rings. The summed E-state index contributed by atoms with van der Waals surface area (Å²) in [6.07, 6.45) is 0.658. The topological polar surface area (TPSA) is 92.9 Å². The Bertz CT molecular complexity index is 525. The van der Waals surface area contributed by atoms with Gasteiger partial charge in [0.05, 0.1) is 13.2 Å². The van der Waals surface area contributed by atoms with E-state index in [1.54, 1.807) is 19.1 Å². The maximum absolute atomic E-state index is 12.6. The summed E-state index contributed by atoms with van der Waals surface area (Å²) in [5, 5.41) is 9.04. The minimum atomic E-state index is -3.73. The summed E-state index contributed by atoms with van der Waals surface area (Å²) in [6, 6.07) is 4.54. The summed E-state index contributed by atoms with van der Waals surface area (Å²) in [5.41, 5.74) is 6.03. The maximum Gasteiger partial charge on any atom is 0.246 e. The van der Waals surface area contributed by atoms with Crippen molar-refractivity contribution in [3.8, 4) is 5.75 Å². The lowest BCUT2D eigenvalue weighted by Crippen LogP contribution is -2.34. The van der Waals surface area contributed by atoms with Crippen molar-refractivity contribution >= 4 is 15.7 Å². The number of nitrogens with zero attached hydrogens (tertiary/aromatic N) is 1. The quantitative estimate of drug-likeness (QED) is 0.700. The van der Waals surface area contributed by atoms with E-state index < -0.39 is 10.0 Å². The molecule has 0 fully saturated rings. The van der Waals surface area contributed by atoms with Crippen LogP contribution in [0.2, 0.25) is 0 Å². The highest BCUT2D eigenvalue weighted by Crippen LogP contribution is 2.29. The molecule has 0 bridgehead atoms. The Labute approximate surface area is 120 Å². The minimum Gasteiger partial charge on any atom is -0.492 e. The zero-order chi connectivity index (χ0) is 15.2. The van der Waals surface area contributed by atoms with Crippen molar-refractivity contribution in [3.05, 3.63) is 18.2 Å². The molecule has 0 aliphatic carbocycles. The second-order valence-electron chi connectivity index (χ2n) is 4.27. The van der Waals surface area contributed by atoms with E-state index >= 15 is 0 Å². The highest BCUT2D eigenvalue weighted by molar-refractivity contribution is 7.89. The molecule has 20 heavy (non-hydrogen) atoms. The molecule has 0 saturated carbocycles. The average Bonchev–Trinajstić information content (AvgIpc) is 2.40. The van der Waals surface area contributed by atoms with E-state index in [-0.39, 0.29) is 23.8 Å². The Morgan fingerprint density at radius 3 is 2.55 bits per heavy atom. The number of aliphatic hydroxyl groups excluding tert-OH is 1. The number of ether oxygens (including phenoxy) is 1. The molecule has 0 atom stereocenters. The van der Waals surface area contributed by atoms with Crippen molar-refractivity contribution in [3.63, 3.8) is 0 Å². The molecule has 114 valence electrons. The molecule has 0 aromatic heterocycles. The predicted octanol–water partition coefficient (Wildman–Crippen LogP) is 1.06. The largest absolute Gasteiger partial charge is 0.492 e. The van der Waals surface area contributed by atoms with Gasteiger partial charge in [0.25, 0.3) is 0 Å². The van der Waals surface area contributed by atoms with Gasteiger partial charge in [-0.3, -0.25) is 0 Å². The molecule has 0 radical (unpaired) electrons. The van der Waals surface area contributed by atoms with E-state index in [4.69, 9.17) is 15.6 Å². The predicted molar refractivity (Wildman–Crippen MR) is 78.2 cm³/mol. The van der Waals surface area contributed by atoms with Gasteiger partial charge in [-0.25, -0.2) is 8.42 Å². The van der Waals surface area contributed by atoms with Crippen molar-refractivity contribution in [1.29, 1.82) is 0 Å². The Morgan fingerprint density at radius 1 is 1.30 bits per heavy atom. The van der Waals surface area contributed by atoms with Crippen molar-refractivity contribution in [2.45, 2.75) is 25.2 Å². The molecule has 1 aromatic carbocycles. The molecule has 3 N–H and O–H groups in total. The highest BCUT2D eigenvalue weighted by Gasteiger charge is 2.27. The average molecular weight is 302 g/mol. The number of nitrogen functional groups attached to an aromatic ring is 1. The van der Waals surface area contributed by atoms with E-state index in [9.17, 15) is 8.42 Å². The zero-order valence-corrected chi connectivity index (χ0v) is 12.7. The van der Waals surface area contributed by atoms with Crippen LogP contribution in [-0.2, 0) is 10.0 Å². The molecule has 0 heterocycles. The third-order valence-electron chi connectivity index (χ3n) is 2.71. The third-order valence-corrected chi connectivity index (χ3v) is 4.63. The van der Waals surface area contributed by atoms with Gasteiger partial charge in [-0.15, -0.1) is 0 Å². The summed E-state index contributed by atoms with van der Waals surface area (Å²) in [7, 11) is -3.73. The van der Waals surface area contributed by atoms with Crippen molar-refractivity contribution < 1.29 is 18.3 Å². The highest BCUT2D eigenvalue weighted by atomic mass is 32.2. The van der Waals surface area contributed by atoms with Gasteiger partial charge in [0, 0.05) is 18.8 Å². The van der Waals surface area contributed by atoms with Crippen LogP contribution < -0.4 is 10.5 Å². The molecule has 0 saturated heterocycles. The first-order valence-electron chi connectivity index (χ1n) is 6.60. The maximum atomic E-state index is 12.6. The van der Waals surface area contributed by atoms with Gasteiger partial charge in [0.2, 0.25) is 10.0 Å². The summed E-state index contributed by atoms with van der Waals surface area (Å²) in [4.78, 5) is 0.0428. The van der Waals surface area contributed by atoms with Crippen LogP contribution in [0.3, 0.4) is 0 Å². The summed E-state index contributed by atoms with van der Waals surface area (Å²) >= 11 is 0. The van der Waals surface area contributed by atoms with Gasteiger partial charge in [0.15, 0.2) is 0 Å². The van der Waals surface area contributed by atoms with Crippen molar-refractivity contribution in [2.24, 2.45) is 0 Å². The molecule has 0 amide bonds. The second kappa shape index (κ2) is 7.47. The SMILES string of the molecule is CCCN(CCO)S(=O)(=O)c1cc(N)ccc1OCC. The number of aliphatic hydroxyl groups is 1. The van der Waals surface area contributed by atoms with Crippen LogP contribution in [0.25, 0.3) is 0 Å². The van der Waals surface area contributed by atoms with E-state index in [1.165, 1.54) is 10.4 Å². The Balaban J connectivity index is 3.27. The Kier molecular flexibility index (Phi) is 6.25. The smallest absolute Gasteiger partial charge is 0.246 e. The van der Waals surface area contributed by atoms with Gasteiger partial charge in [0.1, 0.15) is 10.6 Å². The van der Waals surface area contributed by atoms with Crippen molar-refractivity contribution in [2.75, 3.05) is 32.0 Å². The fourth-order valence-corrected chi connectivity index (χ4v) is 3.54. The Morgan fingerprint density at radius 2 is 2.00 bits per heavy atom. The number of rotatable bonds is 8. The molecule has 0 aliphatic heterocycles. The monoisotopic (exact) mass is 302 g/mol. The fraction of sp³-hybridized carbons (Fsp3) is 0.538. The number of anilines is 1. The fourth-order valence-electron chi connectivity index (χ4n) is 1.85. The lowest BCUT2D eigenvalue weighted by Gasteiger charge is -2.22. The molecule has 6 nitrogen and oxygen atoms in total. The molecule has 1 aromatic rings. The normalized spacial score (nSPS) is 11.8. The van der Waals surface area contributed by atoms with E-state index in [1.807, 2.05) is 6.92 Å². The molecule has 0 unspecified atom stereocenters. The second-order valence-corrected chi connectivity index (χ2v) is 6.17. The lowest BCUT2D eigenvalue weighted by atomic mass is 10.3. The number of benzene rings is 1. The number of hydrogen-bond donors (Lipinski definition) is 2. The number of hydrogen-bond acceptors (Lipinski definition) is 5. The van der Waals surface area contributed by atoms with E-state index in [0.717, 1.165) is 0 Å². The summed E-state index contributed by atoms with van der Waals surface area (Å²) in [6.45, 7) is 4.18. The summed E-state index contributed by atoms with van der Waals surface area (Å²) in [5.74, 6) is 0.278. The van der Waals surface area contributed by atoms with Crippen LogP contribution in [0.15, 0.2) is 23.1 Å². The number of nitrogens with two attached hydrogens (primary N) is 1. The van der Waals surface area contributed by atoms with E-state index in [2.05, 4.69) is 0 Å². The molecular formula is C13H22N2O4S. The molecule has 0 spiro atoms.